The molecular formula is C16H20FN5O2. The first kappa shape index (κ1) is 17.5. The normalized spacial score (nSPS) is 11.5. The van der Waals surface area contributed by atoms with Crippen molar-refractivity contribution in [2.75, 3.05) is 25.5 Å². The molecule has 8 heteroatoms. The zero-order valence-corrected chi connectivity index (χ0v) is 13.5. The van der Waals surface area contributed by atoms with Gasteiger partial charge < -0.3 is 20.7 Å². The molecule has 0 aliphatic carbocycles. The summed E-state index contributed by atoms with van der Waals surface area (Å²) in [6, 6.07) is 5.15. The third-order valence-electron chi connectivity index (χ3n) is 3.27. The molecule has 0 saturated carbocycles. The summed E-state index contributed by atoms with van der Waals surface area (Å²) in [6.07, 6.45) is 3.26. The summed E-state index contributed by atoms with van der Waals surface area (Å²) in [6.45, 7) is 2.62. The molecule has 0 radical (unpaired) electrons. The highest BCUT2D eigenvalue weighted by atomic mass is 19.1. The minimum absolute atomic E-state index is 0.357. The fourth-order valence-corrected chi connectivity index (χ4v) is 2.11. The third-order valence-corrected chi connectivity index (χ3v) is 3.27. The largest absolute Gasteiger partial charge is 0.496 e. The number of hydrogen-bond acceptors (Lipinski definition) is 5. The van der Waals surface area contributed by atoms with Gasteiger partial charge in [-0.25, -0.2) is 19.2 Å². The van der Waals surface area contributed by atoms with Crippen molar-refractivity contribution in [3.8, 4) is 5.75 Å². The summed E-state index contributed by atoms with van der Waals surface area (Å²) >= 11 is 0. The monoisotopic (exact) mass is 333 g/mol. The Bertz CT molecular complexity index is 669. The van der Waals surface area contributed by atoms with E-state index >= 15 is 0 Å². The predicted molar refractivity (Wildman–Crippen MR) is 88.4 cm³/mol. The van der Waals surface area contributed by atoms with E-state index in [9.17, 15) is 9.18 Å². The van der Waals surface area contributed by atoms with Crippen LogP contribution >= 0.6 is 0 Å². The van der Waals surface area contributed by atoms with Gasteiger partial charge in [-0.1, -0.05) is 0 Å². The first-order valence-corrected chi connectivity index (χ1v) is 7.49. The van der Waals surface area contributed by atoms with Crippen molar-refractivity contribution in [3.05, 3.63) is 48.0 Å². The van der Waals surface area contributed by atoms with Crippen molar-refractivity contribution >= 4 is 12.0 Å². The fourth-order valence-electron chi connectivity index (χ4n) is 2.11. The molecule has 0 spiro atoms. The summed E-state index contributed by atoms with van der Waals surface area (Å²) in [5.74, 6) is 0.636. The van der Waals surface area contributed by atoms with E-state index < -0.39 is 6.04 Å². The predicted octanol–water partition coefficient (Wildman–Crippen LogP) is 2.10. The Morgan fingerprint density at radius 2 is 2.04 bits per heavy atom. The Morgan fingerprint density at radius 1 is 1.29 bits per heavy atom. The first-order chi connectivity index (χ1) is 11.6. The fraction of sp³-hybridized carbons (Fsp3) is 0.312. The van der Waals surface area contributed by atoms with Crippen LogP contribution < -0.4 is 20.7 Å². The van der Waals surface area contributed by atoms with Crippen LogP contribution in [0.4, 0.5) is 15.1 Å². The number of benzene rings is 1. The smallest absolute Gasteiger partial charge is 0.315 e. The van der Waals surface area contributed by atoms with Gasteiger partial charge in [-0.05, 0) is 31.2 Å². The molecule has 24 heavy (non-hydrogen) atoms. The van der Waals surface area contributed by atoms with Crippen molar-refractivity contribution < 1.29 is 13.9 Å². The maximum atomic E-state index is 13.4. The summed E-state index contributed by atoms with van der Waals surface area (Å²) in [4.78, 5) is 19.9. The second-order valence-corrected chi connectivity index (χ2v) is 5.01. The molecule has 0 aliphatic rings. The molecule has 1 aromatic carbocycles. The Balaban J connectivity index is 1.78. The second-order valence-electron chi connectivity index (χ2n) is 5.01. The van der Waals surface area contributed by atoms with Crippen LogP contribution in [0.3, 0.4) is 0 Å². The maximum absolute atomic E-state index is 13.4. The van der Waals surface area contributed by atoms with Crippen LogP contribution in [0.25, 0.3) is 0 Å². The topological polar surface area (TPSA) is 88.2 Å². The average Bonchev–Trinajstić information content (AvgIpc) is 2.59. The minimum atomic E-state index is -0.402. The van der Waals surface area contributed by atoms with Gasteiger partial charge >= 0.3 is 6.03 Å². The molecule has 7 nitrogen and oxygen atoms in total. The number of amides is 2. The van der Waals surface area contributed by atoms with Crippen molar-refractivity contribution in [2.45, 2.75) is 13.0 Å². The number of aromatic nitrogens is 2. The van der Waals surface area contributed by atoms with Crippen LogP contribution in [-0.2, 0) is 0 Å². The van der Waals surface area contributed by atoms with Gasteiger partial charge in [0, 0.05) is 31.0 Å². The Morgan fingerprint density at radius 3 is 2.75 bits per heavy atom. The summed E-state index contributed by atoms with van der Waals surface area (Å²) in [5, 5.41) is 8.42. The number of hydrogen-bond donors (Lipinski definition) is 3. The molecule has 0 aliphatic heterocycles. The lowest BCUT2D eigenvalue weighted by Crippen LogP contribution is -2.39. The first-order valence-electron chi connectivity index (χ1n) is 7.49. The van der Waals surface area contributed by atoms with Crippen molar-refractivity contribution in [1.29, 1.82) is 0 Å². The van der Waals surface area contributed by atoms with Gasteiger partial charge in [-0.15, -0.1) is 0 Å². The molecule has 2 amide bonds. The number of anilines is 1. The van der Waals surface area contributed by atoms with Gasteiger partial charge in [0.1, 0.15) is 11.6 Å². The number of ether oxygens (including phenoxy) is 1. The van der Waals surface area contributed by atoms with E-state index in [0.717, 1.165) is 0 Å². The Kier molecular flexibility index (Phi) is 6.30. The van der Waals surface area contributed by atoms with Gasteiger partial charge in [0.25, 0.3) is 0 Å². The molecule has 2 rings (SSSR count). The maximum Gasteiger partial charge on any atom is 0.315 e. The number of methoxy groups -OCH3 is 1. The zero-order valence-electron chi connectivity index (χ0n) is 13.5. The third kappa shape index (κ3) is 5.08. The van der Waals surface area contributed by atoms with E-state index in [1.807, 2.05) is 0 Å². The molecule has 1 aromatic heterocycles. The highest BCUT2D eigenvalue weighted by Gasteiger charge is 2.14. The number of halogens is 1. The second kappa shape index (κ2) is 8.66. The lowest BCUT2D eigenvalue weighted by atomic mass is 10.1. The van der Waals surface area contributed by atoms with Crippen molar-refractivity contribution in [2.24, 2.45) is 0 Å². The minimum Gasteiger partial charge on any atom is -0.496 e. The van der Waals surface area contributed by atoms with E-state index in [1.54, 1.807) is 25.4 Å². The van der Waals surface area contributed by atoms with Crippen LogP contribution in [0.5, 0.6) is 5.75 Å². The standard InChI is InChI=1S/C16H20FN5O2/c1-11(13-10-12(17)4-5-14(13)24-2)22-16(23)21-9-8-20-15-18-6-3-7-19-15/h3-7,10-11H,8-9H2,1-2H3,(H,18,19,20)(H2,21,22,23)/t11-/m1/s1. The molecule has 3 N–H and O–H groups in total. The molecule has 128 valence electrons. The van der Waals surface area contributed by atoms with E-state index in [4.69, 9.17) is 4.74 Å². The van der Waals surface area contributed by atoms with E-state index in [0.29, 0.717) is 30.4 Å². The molecular weight excluding hydrogens is 313 g/mol. The van der Waals surface area contributed by atoms with Gasteiger partial charge in [-0.2, -0.15) is 0 Å². The van der Waals surface area contributed by atoms with Gasteiger partial charge in [0.15, 0.2) is 0 Å². The number of nitrogens with zero attached hydrogens (tertiary/aromatic N) is 2. The number of rotatable bonds is 7. The number of carbonyl (C=O) groups excluding carboxylic acids is 1. The summed E-state index contributed by atoms with van der Waals surface area (Å²) < 4.78 is 18.6. The van der Waals surface area contributed by atoms with E-state index in [-0.39, 0.29) is 11.8 Å². The molecule has 0 fully saturated rings. The highest BCUT2D eigenvalue weighted by Crippen LogP contribution is 2.25. The van der Waals surface area contributed by atoms with Crippen molar-refractivity contribution in [1.82, 2.24) is 20.6 Å². The van der Waals surface area contributed by atoms with Gasteiger partial charge in [-0.3, -0.25) is 0 Å². The van der Waals surface area contributed by atoms with Crippen LogP contribution in [0.15, 0.2) is 36.7 Å². The van der Waals surface area contributed by atoms with E-state index in [2.05, 4.69) is 25.9 Å². The van der Waals surface area contributed by atoms with Crippen LogP contribution in [0, 0.1) is 5.82 Å². The number of carbonyl (C=O) groups is 1. The molecule has 0 unspecified atom stereocenters. The quantitative estimate of drug-likeness (QED) is 0.675. The van der Waals surface area contributed by atoms with Crippen molar-refractivity contribution in [3.63, 3.8) is 0 Å². The van der Waals surface area contributed by atoms with Gasteiger partial charge in [0.2, 0.25) is 5.95 Å². The van der Waals surface area contributed by atoms with Crippen LogP contribution in [0.2, 0.25) is 0 Å². The summed E-state index contributed by atoms with van der Waals surface area (Å²) in [5.41, 5.74) is 0.573. The molecule has 0 saturated heterocycles. The van der Waals surface area contributed by atoms with Crippen LogP contribution in [-0.4, -0.2) is 36.2 Å². The number of urea groups is 1. The summed E-state index contributed by atoms with van der Waals surface area (Å²) in [7, 11) is 1.50. The number of nitrogens with one attached hydrogen (secondary N) is 3. The lowest BCUT2D eigenvalue weighted by molar-refractivity contribution is 0.238. The molecule has 1 heterocycles. The molecule has 0 bridgehead atoms. The zero-order chi connectivity index (χ0) is 17.4. The highest BCUT2D eigenvalue weighted by molar-refractivity contribution is 5.74. The molecule has 2 aromatic rings. The average molecular weight is 333 g/mol. The SMILES string of the molecule is COc1ccc(F)cc1[C@@H](C)NC(=O)NCCNc1ncccn1. The Hall–Kier alpha value is -2.90. The van der Waals surface area contributed by atoms with Gasteiger partial charge in [0.05, 0.1) is 13.2 Å². The molecule has 1 atom stereocenters. The lowest BCUT2D eigenvalue weighted by Gasteiger charge is -2.18. The Labute approximate surface area is 139 Å². The van der Waals surface area contributed by atoms with Crippen LogP contribution in [0.1, 0.15) is 18.5 Å². The van der Waals surface area contributed by atoms with E-state index in [1.165, 1.54) is 25.3 Å².